The second-order valence-electron chi connectivity index (χ2n) is 2.40. The van der Waals surface area contributed by atoms with Gasteiger partial charge in [-0.1, -0.05) is 12.2 Å². The zero-order valence-corrected chi connectivity index (χ0v) is 6.61. The Morgan fingerprint density at radius 1 is 1.09 bits per heavy atom. The summed E-state index contributed by atoms with van der Waals surface area (Å²) in [5.74, 6) is 0. The van der Waals surface area contributed by atoms with Crippen LogP contribution in [0.5, 0.6) is 0 Å². The van der Waals surface area contributed by atoms with Crippen LogP contribution in [0, 0.1) is 0 Å². The fourth-order valence-corrected chi connectivity index (χ4v) is 0.690. The van der Waals surface area contributed by atoms with E-state index in [1.54, 1.807) is 0 Å². The van der Waals surface area contributed by atoms with Gasteiger partial charge >= 0.3 is 0 Å². The Kier molecular flexibility index (Phi) is 7.46. The first-order chi connectivity index (χ1) is 5.31. The third-order valence-electron chi connectivity index (χ3n) is 1.34. The van der Waals surface area contributed by atoms with E-state index in [-0.39, 0.29) is 13.2 Å². The number of aliphatic hydroxyl groups is 3. The van der Waals surface area contributed by atoms with Gasteiger partial charge in [0.05, 0.1) is 12.7 Å². The fraction of sp³-hybridized carbons (Fsp3) is 0.750. The average Bonchev–Trinajstić information content (AvgIpc) is 2.04. The Hall–Kier alpha value is -0.380. The number of hydrogen-bond donors (Lipinski definition) is 3. The van der Waals surface area contributed by atoms with Gasteiger partial charge in [0, 0.05) is 6.61 Å². The van der Waals surface area contributed by atoms with E-state index in [2.05, 4.69) is 0 Å². The van der Waals surface area contributed by atoms with Crippen molar-refractivity contribution in [1.29, 1.82) is 0 Å². The molecule has 0 aromatic rings. The predicted octanol–water partition coefficient (Wildman–Crippen LogP) is 0.0584. The summed E-state index contributed by atoms with van der Waals surface area (Å²) in [5.41, 5.74) is 0. The molecule has 0 bridgehead atoms. The van der Waals surface area contributed by atoms with Gasteiger partial charge < -0.3 is 15.3 Å². The summed E-state index contributed by atoms with van der Waals surface area (Å²) < 4.78 is 0. The van der Waals surface area contributed by atoms with Gasteiger partial charge in [0.25, 0.3) is 0 Å². The smallest absolute Gasteiger partial charge is 0.0773 e. The van der Waals surface area contributed by atoms with Crippen LogP contribution in [0.4, 0.5) is 0 Å². The molecule has 3 nitrogen and oxygen atoms in total. The fourth-order valence-electron chi connectivity index (χ4n) is 0.690. The summed E-state index contributed by atoms with van der Waals surface area (Å²) in [6, 6.07) is 0. The Labute approximate surface area is 67.0 Å². The molecule has 0 aliphatic rings. The van der Waals surface area contributed by atoms with Gasteiger partial charge in [-0.25, -0.2) is 0 Å². The van der Waals surface area contributed by atoms with E-state index in [1.807, 2.05) is 12.2 Å². The summed E-state index contributed by atoms with van der Waals surface area (Å²) in [6.45, 7) is -0.00705. The highest BCUT2D eigenvalue weighted by Crippen LogP contribution is 1.97. The van der Waals surface area contributed by atoms with E-state index in [1.165, 1.54) is 0 Å². The number of allylic oxidation sites excluding steroid dienone is 1. The minimum absolute atomic E-state index is 0.166. The highest BCUT2D eigenvalue weighted by Gasteiger charge is 1.97. The molecule has 0 aliphatic heterocycles. The summed E-state index contributed by atoms with van der Waals surface area (Å²) >= 11 is 0. The lowest BCUT2D eigenvalue weighted by atomic mass is 10.2. The predicted molar refractivity (Wildman–Crippen MR) is 43.2 cm³/mol. The van der Waals surface area contributed by atoms with Crippen LogP contribution in [0.1, 0.15) is 19.3 Å². The Balaban J connectivity index is 3.12. The third kappa shape index (κ3) is 7.52. The van der Waals surface area contributed by atoms with Crippen LogP contribution in [0.15, 0.2) is 12.2 Å². The van der Waals surface area contributed by atoms with Crippen LogP contribution in [-0.2, 0) is 0 Å². The van der Waals surface area contributed by atoms with Gasteiger partial charge in [-0.3, -0.25) is 0 Å². The molecule has 0 aromatic heterocycles. The Morgan fingerprint density at radius 2 is 1.73 bits per heavy atom. The zero-order valence-electron chi connectivity index (χ0n) is 6.61. The standard InChI is InChI=1S/C8H16O3/c9-6-4-2-1-3-5-8(11)7-10/h1-2,8-11H,3-7H2/b2-1+. The number of aliphatic hydroxyl groups excluding tert-OH is 3. The maximum atomic E-state index is 8.88. The molecular weight excluding hydrogens is 144 g/mol. The molecule has 0 fully saturated rings. The van der Waals surface area contributed by atoms with Gasteiger partial charge in [0.2, 0.25) is 0 Å². The molecule has 0 aromatic carbocycles. The second kappa shape index (κ2) is 7.72. The molecule has 1 atom stereocenters. The maximum Gasteiger partial charge on any atom is 0.0773 e. The van der Waals surface area contributed by atoms with Gasteiger partial charge in [0.1, 0.15) is 0 Å². The molecule has 66 valence electrons. The van der Waals surface area contributed by atoms with Crippen molar-refractivity contribution in [3.8, 4) is 0 Å². The van der Waals surface area contributed by atoms with E-state index in [0.29, 0.717) is 12.8 Å². The lowest BCUT2D eigenvalue weighted by Crippen LogP contribution is -2.10. The minimum atomic E-state index is -0.603. The molecule has 0 saturated heterocycles. The molecule has 1 unspecified atom stereocenters. The zero-order chi connectivity index (χ0) is 8.53. The van der Waals surface area contributed by atoms with E-state index >= 15 is 0 Å². The maximum absolute atomic E-state index is 8.88. The quantitative estimate of drug-likeness (QED) is 0.481. The third-order valence-corrected chi connectivity index (χ3v) is 1.34. The molecule has 0 spiro atoms. The van der Waals surface area contributed by atoms with Crippen LogP contribution in [0.3, 0.4) is 0 Å². The van der Waals surface area contributed by atoms with Crippen molar-refractivity contribution in [1.82, 2.24) is 0 Å². The van der Waals surface area contributed by atoms with Crippen molar-refractivity contribution in [2.75, 3.05) is 13.2 Å². The lowest BCUT2D eigenvalue weighted by molar-refractivity contribution is 0.0891. The highest BCUT2D eigenvalue weighted by atomic mass is 16.3. The van der Waals surface area contributed by atoms with Crippen LogP contribution in [0.2, 0.25) is 0 Å². The van der Waals surface area contributed by atoms with Crippen molar-refractivity contribution in [2.24, 2.45) is 0 Å². The van der Waals surface area contributed by atoms with Gasteiger partial charge in [-0.2, -0.15) is 0 Å². The van der Waals surface area contributed by atoms with Crippen molar-refractivity contribution >= 4 is 0 Å². The number of rotatable bonds is 6. The van der Waals surface area contributed by atoms with Crippen LogP contribution in [-0.4, -0.2) is 34.6 Å². The molecule has 11 heavy (non-hydrogen) atoms. The molecule has 0 rings (SSSR count). The monoisotopic (exact) mass is 160 g/mol. The topological polar surface area (TPSA) is 60.7 Å². The highest BCUT2D eigenvalue weighted by molar-refractivity contribution is 4.81. The van der Waals surface area contributed by atoms with E-state index in [4.69, 9.17) is 15.3 Å². The SMILES string of the molecule is OCC/C=C/CCC(O)CO. The normalized spacial score (nSPS) is 14.1. The van der Waals surface area contributed by atoms with Crippen molar-refractivity contribution in [2.45, 2.75) is 25.4 Å². The lowest BCUT2D eigenvalue weighted by Gasteiger charge is -2.02. The van der Waals surface area contributed by atoms with Crippen LogP contribution >= 0.6 is 0 Å². The summed E-state index contributed by atoms with van der Waals surface area (Å²) in [6.07, 6.45) is 5.16. The Morgan fingerprint density at radius 3 is 2.27 bits per heavy atom. The van der Waals surface area contributed by atoms with Crippen molar-refractivity contribution < 1.29 is 15.3 Å². The van der Waals surface area contributed by atoms with Gasteiger partial charge in [0.15, 0.2) is 0 Å². The van der Waals surface area contributed by atoms with Crippen LogP contribution < -0.4 is 0 Å². The molecular formula is C8H16O3. The molecule has 3 N–H and O–H groups in total. The Bertz CT molecular complexity index is 102. The summed E-state index contributed by atoms with van der Waals surface area (Å²) in [7, 11) is 0. The van der Waals surface area contributed by atoms with Gasteiger partial charge in [-0.05, 0) is 19.3 Å². The molecule has 0 amide bonds. The first-order valence-electron chi connectivity index (χ1n) is 3.86. The molecule has 0 heterocycles. The first-order valence-corrected chi connectivity index (χ1v) is 3.86. The molecule has 0 saturated carbocycles. The van der Waals surface area contributed by atoms with Crippen molar-refractivity contribution in [3.63, 3.8) is 0 Å². The second-order valence-corrected chi connectivity index (χ2v) is 2.40. The minimum Gasteiger partial charge on any atom is -0.396 e. The van der Waals surface area contributed by atoms with Gasteiger partial charge in [-0.15, -0.1) is 0 Å². The first kappa shape index (κ1) is 10.6. The average molecular weight is 160 g/mol. The molecule has 0 aliphatic carbocycles. The van der Waals surface area contributed by atoms with E-state index < -0.39 is 6.10 Å². The van der Waals surface area contributed by atoms with Crippen molar-refractivity contribution in [3.05, 3.63) is 12.2 Å². The largest absolute Gasteiger partial charge is 0.396 e. The summed E-state index contributed by atoms with van der Waals surface area (Å²) in [4.78, 5) is 0. The molecule has 3 heteroatoms. The number of hydrogen-bond acceptors (Lipinski definition) is 3. The van der Waals surface area contributed by atoms with Crippen LogP contribution in [0.25, 0.3) is 0 Å². The molecule has 0 radical (unpaired) electrons. The van der Waals surface area contributed by atoms with E-state index in [0.717, 1.165) is 6.42 Å². The van der Waals surface area contributed by atoms with E-state index in [9.17, 15) is 0 Å². The summed E-state index contributed by atoms with van der Waals surface area (Å²) in [5, 5.41) is 25.7.